The molecular weight excluding hydrogens is 250 g/mol. The number of hydrogen-bond acceptors (Lipinski definition) is 3. The van der Waals surface area contributed by atoms with Crippen molar-refractivity contribution in [3.63, 3.8) is 0 Å². The fraction of sp³-hybridized carbons (Fsp3) is 0.562. The second-order valence-electron chi connectivity index (χ2n) is 5.43. The van der Waals surface area contributed by atoms with Gasteiger partial charge >= 0.3 is 0 Å². The molecule has 0 saturated carbocycles. The zero-order chi connectivity index (χ0) is 14.7. The maximum absolute atomic E-state index is 12.6. The van der Waals surface area contributed by atoms with Crippen molar-refractivity contribution in [1.29, 1.82) is 0 Å². The summed E-state index contributed by atoms with van der Waals surface area (Å²) in [5.41, 5.74) is 8.22. The summed E-state index contributed by atoms with van der Waals surface area (Å²) in [6.45, 7) is 10.0. The lowest BCUT2D eigenvalue weighted by Gasteiger charge is -2.26. The molecule has 1 aliphatic heterocycles. The zero-order valence-corrected chi connectivity index (χ0v) is 12.7. The Balaban J connectivity index is 2.10. The molecule has 1 aromatic rings. The van der Waals surface area contributed by atoms with E-state index in [1.54, 1.807) is 0 Å². The van der Waals surface area contributed by atoms with Gasteiger partial charge in [-0.15, -0.1) is 0 Å². The molecule has 1 aliphatic rings. The van der Waals surface area contributed by atoms with Gasteiger partial charge in [-0.2, -0.15) is 0 Å². The van der Waals surface area contributed by atoms with E-state index in [1.165, 1.54) is 0 Å². The minimum Gasteiger partial charge on any atom is -0.398 e. The van der Waals surface area contributed by atoms with Gasteiger partial charge < -0.3 is 10.6 Å². The van der Waals surface area contributed by atoms with Crippen molar-refractivity contribution in [1.82, 2.24) is 9.80 Å². The minimum atomic E-state index is 0.115. The Labute approximate surface area is 121 Å². The van der Waals surface area contributed by atoms with Gasteiger partial charge in [-0.05, 0) is 44.1 Å². The Morgan fingerprint density at radius 2 is 2.10 bits per heavy atom. The zero-order valence-electron chi connectivity index (χ0n) is 12.7. The average Bonchev–Trinajstić information content (AvgIpc) is 2.92. The van der Waals surface area contributed by atoms with Crippen LogP contribution in [0, 0.1) is 6.92 Å². The van der Waals surface area contributed by atoms with Gasteiger partial charge in [0.15, 0.2) is 0 Å². The second kappa shape index (κ2) is 6.27. The van der Waals surface area contributed by atoms with Crippen molar-refractivity contribution >= 4 is 11.6 Å². The molecule has 1 fully saturated rings. The fourth-order valence-corrected chi connectivity index (χ4v) is 3.02. The van der Waals surface area contributed by atoms with Crippen molar-refractivity contribution in [3.05, 3.63) is 29.3 Å². The first kappa shape index (κ1) is 14.9. The van der Waals surface area contributed by atoms with Gasteiger partial charge in [-0.25, -0.2) is 0 Å². The molecule has 20 heavy (non-hydrogen) atoms. The molecule has 110 valence electrons. The lowest BCUT2D eigenvalue weighted by molar-refractivity contribution is 0.0777. The number of hydrogen-bond donors (Lipinski definition) is 1. The van der Waals surface area contributed by atoms with E-state index in [1.807, 2.05) is 30.0 Å². The molecule has 1 unspecified atom stereocenters. The number of benzene rings is 1. The first-order valence-corrected chi connectivity index (χ1v) is 7.46. The van der Waals surface area contributed by atoms with E-state index in [2.05, 4.69) is 18.7 Å². The molecule has 4 heteroatoms. The van der Waals surface area contributed by atoms with Gasteiger partial charge in [-0.3, -0.25) is 9.69 Å². The number of likely N-dealkylation sites (tertiary alicyclic amines) is 1. The molecule has 2 N–H and O–H groups in total. The highest BCUT2D eigenvalue weighted by atomic mass is 16.2. The molecule has 0 bridgehead atoms. The third kappa shape index (κ3) is 2.80. The van der Waals surface area contributed by atoms with Crippen molar-refractivity contribution < 1.29 is 4.79 Å². The largest absolute Gasteiger partial charge is 0.398 e. The molecule has 4 nitrogen and oxygen atoms in total. The lowest BCUT2D eigenvalue weighted by atomic mass is 10.1. The first-order valence-electron chi connectivity index (χ1n) is 7.46. The Kier molecular flexibility index (Phi) is 4.65. The predicted octanol–water partition coefficient (Wildman–Crippen LogP) is 2.13. The summed E-state index contributed by atoms with van der Waals surface area (Å²) in [7, 11) is 0. The van der Waals surface area contributed by atoms with Crippen molar-refractivity contribution in [2.45, 2.75) is 33.2 Å². The molecule has 1 saturated heterocycles. The van der Waals surface area contributed by atoms with Crippen LogP contribution in [0.5, 0.6) is 0 Å². The summed E-state index contributed by atoms with van der Waals surface area (Å²) in [5.74, 6) is 0.115. The van der Waals surface area contributed by atoms with E-state index in [0.29, 0.717) is 11.7 Å². The van der Waals surface area contributed by atoms with E-state index < -0.39 is 0 Å². The maximum Gasteiger partial charge on any atom is 0.254 e. The number of amides is 1. The van der Waals surface area contributed by atoms with Crippen LogP contribution < -0.4 is 5.73 Å². The van der Waals surface area contributed by atoms with Crippen LogP contribution in [0.25, 0.3) is 0 Å². The molecule has 0 aliphatic carbocycles. The monoisotopic (exact) mass is 275 g/mol. The van der Waals surface area contributed by atoms with E-state index >= 15 is 0 Å². The second-order valence-corrected chi connectivity index (χ2v) is 5.43. The highest BCUT2D eigenvalue weighted by molar-refractivity contribution is 5.97. The maximum atomic E-state index is 12.6. The normalized spacial score (nSPS) is 18.8. The first-order chi connectivity index (χ1) is 9.58. The number of carbonyl (C=O) groups is 1. The SMILES string of the molecule is CCN(CC)C1CCN(C(=O)c2cccc(N)c2C)C1. The minimum absolute atomic E-state index is 0.115. The molecule has 0 radical (unpaired) electrons. The molecular formula is C16H25N3O. The number of nitrogens with zero attached hydrogens (tertiary/aromatic N) is 2. The van der Waals surface area contributed by atoms with Gasteiger partial charge in [0.2, 0.25) is 0 Å². The van der Waals surface area contributed by atoms with Crippen LogP contribution in [0.1, 0.15) is 36.2 Å². The Hall–Kier alpha value is -1.55. The number of likely N-dealkylation sites (N-methyl/N-ethyl adjacent to an activating group) is 1. The number of nitrogens with two attached hydrogens (primary N) is 1. The molecule has 1 aromatic carbocycles. The summed E-state index contributed by atoms with van der Waals surface area (Å²) >= 11 is 0. The topological polar surface area (TPSA) is 49.6 Å². The summed E-state index contributed by atoms with van der Waals surface area (Å²) in [6, 6.07) is 6.07. The van der Waals surface area contributed by atoms with Crippen molar-refractivity contribution in [3.8, 4) is 0 Å². The van der Waals surface area contributed by atoms with Gasteiger partial charge in [0, 0.05) is 30.4 Å². The molecule has 1 atom stereocenters. The van der Waals surface area contributed by atoms with Gasteiger partial charge in [-0.1, -0.05) is 19.9 Å². The standard InChI is InChI=1S/C16H25N3O/c1-4-18(5-2)13-9-10-19(11-13)16(20)14-7-6-8-15(17)12(14)3/h6-8,13H,4-5,9-11,17H2,1-3H3. The molecule has 2 rings (SSSR count). The van der Waals surface area contributed by atoms with Gasteiger partial charge in [0.05, 0.1) is 0 Å². The Morgan fingerprint density at radius 3 is 2.75 bits per heavy atom. The van der Waals surface area contributed by atoms with Crippen LogP contribution in [0.4, 0.5) is 5.69 Å². The number of anilines is 1. The summed E-state index contributed by atoms with van der Waals surface area (Å²) < 4.78 is 0. The van der Waals surface area contributed by atoms with Crippen LogP contribution >= 0.6 is 0 Å². The lowest BCUT2D eigenvalue weighted by Crippen LogP contribution is -2.38. The van der Waals surface area contributed by atoms with E-state index in [0.717, 1.165) is 43.7 Å². The average molecular weight is 275 g/mol. The smallest absolute Gasteiger partial charge is 0.254 e. The van der Waals surface area contributed by atoms with Crippen LogP contribution in [-0.4, -0.2) is 47.9 Å². The van der Waals surface area contributed by atoms with E-state index in [-0.39, 0.29) is 5.91 Å². The third-order valence-corrected chi connectivity index (χ3v) is 4.39. The van der Waals surface area contributed by atoms with Crippen LogP contribution in [0.2, 0.25) is 0 Å². The van der Waals surface area contributed by atoms with Gasteiger partial charge in [0.25, 0.3) is 5.91 Å². The molecule has 1 amide bonds. The Morgan fingerprint density at radius 1 is 1.40 bits per heavy atom. The van der Waals surface area contributed by atoms with E-state index in [4.69, 9.17) is 5.73 Å². The third-order valence-electron chi connectivity index (χ3n) is 4.39. The van der Waals surface area contributed by atoms with Gasteiger partial charge in [0.1, 0.15) is 0 Å². The summed E-state index contributed by atoms with van der Waals surface area (Å²) in [4.78, 5) is 17.0. The fourth-order valence-electron chi connectivity index (χ4n) is 3.02. The van der Waals surface area contributed by atoms with Crippen molar-refractivity contribution in [2.75, 3.05) is 31.9 Å². The quantitative estimate of drug-likeness (QED) is 0.856. The van der Waals surface area contributed by atoms with Crippen LogP contribution in [0.15, 0.2) is 18.2 Å². The highest BCUT2D eigenvalue weighted by Crippen LogP contribution is 2.21. The predicted molar refractivity (Wildman–Crippen MR) is 82.8 cm³/mol. The van der Waals surface area contributed by atoms with E-state index in [9.17, 15) is 4.79 Å². The summed E-state index contributed by atoms with van der Waals surface area (Å²) in [6.07, 6.45) is 1.06. The molecule has 0 aromatic heterocycles. The van der Waals surface area contributed by atoms with Crippen LogP contribution in [0.3, 0.4) is 0 Å². The Bertz CT molecular complexity index is 483. The van der Waals surface area contributed by atoms with Crippen molar-refractivity contribution in [2.24, 2.45) is 0 Å². The van der Waals surface area contributed by atoms with Crippen LogP contribution in [-0.2, 0) is 0 Å². The number of carbonyl (C=O) groups excluding carboxylic acids is 1. The molecule has 1 heterocycles. The number of nitrogen functional groups attached to an aromatic ring is 1. The molecule has 0 spiro atoms. The summed E-state index contributed by atoms with van der Waals surface area (Å²) in [5, 5.41) is 0. The highest BCUT2D eigenvalue weighted by Gasteiger charge is 2.30. The number of rotatable bonds is 4.